The first-order valence-electron chi connectivity index (χ1n) is 4.96. The Balaban J connectivity index is 2.61. The summed E-state index contributed by atoms with van der Waals surface area (Å²) < 4.78 is 13.1. The van der Waals surface area contributed by atoms with Crippen molar-refractivity contribution in [1.82, 2.24) is 4.98 Å². The topological polar surface area (TPSA) is 96.4 Å². The molecule has 0 aliphatic carbocycles. The number of phenolic OH excluding ortho intramolecular Hbond substituents is 1. The van der Waals surface area contributed by atoms with Crippen LogP contribution in [0.2, 0.25) is 0 Å². The summed E-state index contributed by atoms with van der Waals surface area (Å²) in [5.74, 6) is -2.09. The fourth-order valence-electron chi connectivity index (χ4n) is 1.53. The third-order valence-electron chi connectivity index (χ3n) is 2.42. The summed E-state index contributed by atoms with van der Waals surface area (Å²) in [6, 6.07) is 4.61. The molecule has 0 fully saturated rings. The molecule has 0 aliphatic rings. The molecule has 92 valence electrons. The van der Waals surface area contributed by atoms with Crippen LogP contribution in [0.1, 0.15) is 10.4 Å². The minimum Gasteiger partial charge on any atom is -0.507 e. The van der Waals surface area contributed by atoms with Crippen molar-refractivity contribution in [1.29, 1.82) is 0 Å². The van der Waals surface area contributed by atoms with E-state index in [1.807, 2.05) is 0 Å². The molecule has 0 unspecified atom stereocenters. The molecule has 1 heterocycles. The number of anilines is 1. The predicted molar refractivity (Wildman–Crippen MR) is 62.7 cm³/mol. The Hall–Kier alpha value is -2.63. The number of nitrogen functional groups attached to an aromatic ring is 1. The van der Waals surface area contributed by atoms with Crippen molar-refractivity contribution in [2.75, 3.05) is 5.73 Å². The van der Waals surface area contributed by atoms with Crippen LogP contribution in [0, 0.1) is 5.82 Å². The standard InChI is InChI=1S/C12H9FN2O3/c13-7-1-2-10(16)8(4-7)6-3-9(12(17)18)11(14)15-5-6/h1-5,16H,(H2,14,15)(H,17,18). The highest BCUT2D eigenvalue weighted by Crippen LogP contribution is 2.30. The fraction of sp³-hybridized carbons (Fsp3) is 0. The van der Waals surface area contributed by atoms with Crippen molar-refractivity contribution in [3.8, 4) is 16.9 Å². The minimum absolute atomic E-state index is 0.137. The van der Waals surface area contributed by atoms with Gasteiger partial charge in [0.2, 0.25) is 0 Å². The van der Waals surface area contributed by atoms with Gasteiger partial charge in [0.15, 0.2) is 0 Å². The van der Waals surface area contributed by atoms with Crippen LogP contribution in [0.4, 0.5) is 10.2 Å². The van der Waals surface area contributed by atoms with Gasteiger partial charge in [-0.05, 0) is 24.3 Å². The Kier molecular flexibility index (Phi) is 2.85. The van der Waals surface area contributed by atoms with Gasteiger partial charge in [-0.3, -0.25) is 0 Å². The highest BCUT2D eigenvalue weighted by molar-refractivity contribution is 5.94. The third-order valence-corrected chi connectivity index (χ3v) is 2.42. The van der Waals surface area contributed by atoms with E-state index in [1.165, 1.54) is 18.3 Å². The van der Waals surface area contributed by atoms with E-state index in [4.69, 9.17) is 10.8 Å². The molecular formula is C12H9FN2O3. The summed E-state index contributed by atoms with van der Waals surface area (Å²) in [5.41, 5.74) is 5.64. The molecule has 6 heteroatoms. The summed E-state index contributed by atoms with van der Waals surface area (Å²) in [4.78, 5) is 14.6. The number of aromatic hydroxyl groups is 1. The molecule has 2 rings (SSSR count). The zero-order valence-corrected chi connectivity index (χ0v) is 9.09. The number of nitrogens with zero attached hydrogens (tertiary/aromatic N) is 1. The zero-order valence-electron chi connectivity index (χ0n) is 9.09. The molecule has 1 aromatic carbocycles. The predicted octanol–water partition coefficient (Wildman–Crippen LogP) is 1.87. The maximum atomic E-state index is 13.1. The molecule has 0 aliphatic heterocycles. The number of hydrogen-bond acceptors (Lipinski definition) is 4. The number of pyridine rings is 1. The van der Waals surface area contributed by atoms with Gasteiger partial charge in [-0.15, -0.1) is 0 Å². The lowest BCUT2D eigenvalue weighted by Gasteiger charge is -2.07. The van der Waals surface area contributed by atoms with Gasteiger partial charge in [0.25, 0.3) is 0 Å². The van der Waals surface area contributed by atoms with Crippen molar-refractivity contribution in [2.24, 2.45) is 0 Å². The van der Waals surface area contributed by atoms with Gasteiger partial charge in [-0.1, -0.05) is 0 Å². The second-order valence-corrected chi connectivity index (χ2v) is 3.62. The van der Waals surface area contributed by atoms with Gasteiger partial charge in [-0.25, -0.2) is 14.2 Å². The smallest absolute Gasteiger partial charge is 0.339 e. The molecule has 4 N–H and O–H groups in total. The minimum atomic E-state index is -1.24. The average Bonchev–Trinajstić information content (AvgIpc) is 2.33. The number of rotatable bonds is 2. The summed E-state index contributed by atoms with van der Waals surface area (Å²) >= 11 is 0. The van der Waals surface area contributed by atoms with Crippen LogP contribution < -0.4 is 5.73 Å². The Labute approximate surface area is 101 Å². The van der Waals surface area contributed by atoms with Gasteiger partial charge in [0.1, 0.15) is 22.9 Å². The van der Waals surface area contributed by atoms with E-state index in [1.54, 1.807) is 0 Å². The van der Waals surface area contributed by atoms with Crippen LogP contribution in [0.3, 0.4) is 0 Å². The molecule has 0 amide bonds. The van der Waals surface area contributed by atoms with Gasteiger partial charge in [-0.2, -0.15) is 0 Å². The van der Waals surface area contributed by atoms with Crippen LogP contribution in [0.25, 0.3) is 11.1 Å². The molecule has 5 nitrogen and oxygen atoms in total. The first-order chi connectivity index (χ1) is 8.49. The van der Waals surface area contributed by atoms with Gasteiger partial charge < -0.3 is 15.9 Å². The van der Waals surface area contributed by atoms with Crippen molar-refractivity contribution < 1.29 is 19.4 Å². The van der Waals surface area contributed by atoms with E-state index in [-0.39, 0.29) is 28.3 Å². The van der Waals surface area contributed by atoms with E-state index >= 15 is 0 Å². The molecule has 1 aromatic heterocycles. The van der Waals surface area contributed by atoms with Crippen molar-refractivity contribution in [3.05, 3.63) is 41.8 Å². The van der Waals surface area contributed by atoms with Crippen LogP contribution in [0.5, 0.6) is 5.75 Å². The van der Waals surface area contributed by atoms with Crippen LogP contribution in [-0.4, -0.2) is 21.2 Å². The van der Waals surface area contributed by atoms with Gasteiger partial charge in [0.05, 0.1) is 0 Å². The SMILES string of the molecule is Nc1ncc(-c2cc(F)ccc2O)cc1C(=O)O. The molecule has 0 bridgehead atoms. The second kappa shape index (κ2) is 4.33. The fourth-order valence-corrected chi connectivity index (χ4v) is 1.53. The van der Waals surface area contributed by atoms with Gasteiger partial charge >= 0.3 is 5.97 Å². The van der Waals surface area contributed by atoms with Crippen LogP contribution in [-0.2, 0) is 0 Å². The van der Waals surface area contributed by atoms with Crippen LogP contribution >= 0.6 is 0 Å². The summed E-state index contributed by atoms with van der Waals surface area (Å²) in [6.07, 6.45) is 1.27. The highest BCUT2D eigenvalue weighted by atomic mass is 19.1. The summed E-state index contributed by atoms with van der Waals surface area (Å²) in [7, 11) is 0. The van der Waals surface area contributed by atoms with E-state index < -0.39 is 11.8 Å². The maximum absolute atomic E-state index is 13.1. The number of carboxylic acids is 1. The highest BCUT2D eigenvalue weighted by Gasteiger charge is 2.13. The molecular weight excluding hydrogens is 239 g/mol. The van der Waals surface area contributed by atoms with Crippen molar-refractivity contribution in [3.63, 3.8) is 0 Å². The number of nitrogens with two attached hydrogens (primary N) is 1. The number of carboxylic acid groups (broad SMARTS) is 1. The molecule has 0 radical (unpaired) electrons. The lowest BCUT2D eigenvalue weighted by atomic mass is 10.0. The van der Waals surface area contributed by atoms with Crippen molar-refractivity contribution in [2.45, 2.75) is 0 Å². The Morgan fingerprint density at radius 3 is 2.72 bits per heavy atom. The first kappa shape index (κ1) is 11.8. The normalized spacial score (nSPS) is 10.3. The Morgan fingerprint density at radius 2 is 2.06 bits per heavy atom. The van der Waals surface area contributed by atoms with E-state index in [9.17, 15) is 14.3 Å². The monoisotopic (exact) mass is 248 g/mol. The number of benzene rings is 1. The first-order valence-corrected chi connectivity index (χ1v) is 4.96. The maximum Gasteiger partial charge on any atom is 0.339 e. The Morgan fingerprint density at radius 1 is 1.33 bits per heavy atom. The number of aromatic carboxylic acids is 1. The number of phenols is 1. The molecule has 0 spiro atoms. The van der Waals surface area contributed by atoms with Crippen molar-refractivity contribution >= 4 is 11.8 Å². The number of hydrogen-bond donors (Lipinski definition) is 3. The summed E-state index contributed by atoms with van der Waals surface area (Å²) in [6.45, 7) is 0. The van der Waals surface area contributed by atoms with Gasteiger partial charge in [0, 0.05) is 17.3 Å². The summed E-state index contributed by atoms with van der Waals surface area (Å²) in [5, 5.41) is 18.5. The Bertz CT molecular complexity index is 629. The quantitative estimate of drug-likeness (QED) is 0.753. The second-order valence-electron chi connectivity index (χ2n) is 3.62. The molecule has 18 heavy (non-hydrogen) atoms. The largest absolute Gasteiger partial charge is 0.507 e. The number of carbonyl (C=O) groups is 1. The zero-order chi connectivity index (χ0) is 13.3. The van der Waals surface area contributed by atoms with E-state index in [0.717, 1.165) is 12.1 Å². The van der Waals surface area contributed by atoms with Crippen LogP contribution in [0.15, 0.2) is 30.5 Å². The van der Waals surface area contributed by atoms with E-state index in [2.05, 4.69) is 4.98 Å². The average molecular weight is 248 g/mol. The third kappa shape index (κ3) is 2.08. The molecule has 0 saturated carbocycles. The molecule has 2 aromatic rings. The van der Waals surface area contributed by atoms with E-state index in [0.29, 0.717) is 0 Å². The molecule has 0 atom stereocenters. The number of aromatic nitrogens is 1. The number of halogens is 1. The molecule has 0 saturated heterocycles. The lowest BCUT2D eigenvalue weighted by molar-refractivity contribution is 0.0697. The lowest BCUT2D eigenvalue weighted by Crippen LogP contribution is -2.04.